The number of sulfonamides is 1. The highest BCUT2D eigenvalue weighted by Crippen LogP contribution is 2.23. The van der Waals surface area contributed by atoms with E-state index in [0.29, 0.717) is 25.6 Å². The molecule has 2 N–H and O–H groups in total. The molecule has 2 heterocycles. The van der Waals surface area contributed by atoms with Crippen molar-refractivity contribution in [2.24, 2.45) is 18.7 Å². The predicted molar refractivity (Wildman–Crippen MR) is 54.5 cm³/mol. The third kappa shape index (κ3) is 1.77. The van der Waals surface area contributed by atoms with Gasteiger partial charge < -0.3 is 5.73 Å². The number of hydrogen-bond donors (Lipinski definition) is 1. The Bertz CT molecular complexity index is 447. The predicted octanol–water partition coefficient (Wildman–Crippen LogP) is -1.00. The van der Waals surface area contributed by atoms with Gasteiger partial charge in [0.05, 0.1) is 6.20 Å². The average Bonchev–Trinajstić information content (AvgIpc) is 2.50. The average molecular weight is 230 g/mol. The molecular formula is C8H14N4O2S. The molecule has 1 aliphatic rings. The van der Waals surface area contributed by atoms with Gasteiger partial charge in [0.25, 0.3) is 0 Å². The van der Waals surface area contributed by atoms with Gasteiger partial charge in [-0.05, 0) is 12.5 Å². The van der Waals surface area contributed by atoms with Crippen LogP contribution >= 0.6 is 0 Å². The number of nitrogens with zero attached hydrogens (tertiary/aromatic N) is 3. The fourth-order valence-electron chi connectivity index (χ4n) is 1.55. The molecule has 7 heteroatoms. The molecule has 15 heavy (non-hydrogen) atoms. The monoisotopic (exact) mass is 230 g/mol. The second-order valence-corrected chi connectivity index (χ2v) is 5.71. The molecule has 0 unspecified atom stereocenters. The van der Waals surface area contributed by atoms with Crippen LogP contribution in [0.5, 0.6) is 0 Å². The molecule has 0 saturated carbocycles. The van der Waals surface area contributed by atoms with E-state index in [1.807, 2.05) is 0 Å². The van der Waals surface area contributed by atoms with Crippen LogP contribution in [0.1, 0.15) is 0 Å². The fourth-order valence-corrected chi connectivity index (χ4v) is 3.13. The highest BCUT2D eigenvalue weighted by Gasteiger charge is 2.36. The molecule has 1 fully saturated rings. The van der Waals surface area contributed by atoms with Crippen molar-refractivity contribution in [1.29, 1.82) is 0 Å². The lowest BCUT2D eigenvalue weighted by Crippen LogP contribution is -2.52. The first kappa shape index (κ1) is 10.6. The van der Waals surface area contributed by atoms with E-state index >= 15 is 0 Å². The first-order valence-corrected chi connectivity index (χ1v) is 6.17. The molecule has 0 atom stereocenters. The molecule has 1 aromatic rings. The summed E-state index contributed by atoms with van der Waals surface area (Å²) in [7, 11) is -1.64. The molecule has 1 aromatic heterocycles. The van der Waals surface area contributed by atoms with Crippen LogP contribution in [0.15, 0.2) is 17.3 Å². The summed E-state index contributed by atoms with van der Waals surface area (Å²) in [6.45, 7) is 1.58. The third-order valence-corrected chi connectivity index (χ3v) is 4.36. The summed E-state index contributed by atoms with van der Waals surface area (Å²) in [5.74, 6) is 0.302. The second-order valence-electron chi connectivity index (χ2n) is 3.77. The Morgan fingerprint density at radius 2 is 2.27 bits per heavy atom. The molecule has 6 nitrogen and oxygen atoms in total. The summed E-state index contributed by atoms with van der Waals surface area (Å²) < 4.78 is 26.8. The molecule has 1 aliphatic heterocycles. The van der Waals surface area contributed by atoms with Gasteiger partial charge in [0, 0.05) is 26.3 Å². The minimum Gasteiger partial charge on any atom is -0.330 e. The maximum atomic E-state index is 11.9. The van der Waals surface area contributed by atoms with Crippen molar-refractivity contribution in [1.82, 2.24) is 14.1 Å². The minimum absolute atomic E-state index is 0.250. The fraction of sp³-hybridized carbons (Fsp3) is 0.625. The molecule has 0 aromatic carbocycles. The molecule has 1 saturated heterocycles. The lowest BCUT2D eigenvalue weighted by molar-refractivity contribution is 0.207. The zero-order chi connectivity index (χ0) is 11.1. The van der Waals surface area contributed by atoms with Crippen LogP contribution in [0.25, 0.3) is 0 Å². The summed E-state index contributed by atoms with van der Waals surface area (Å²) >= 11 is 0. The number of hydrogen-bond acceptors (Lipinski definition) is 4. The van der Waals surface area contributed by atoms with E-state index in [1.54, 1.807) is 7.05 Å². The van der Waals surface area contributed by atoms with E-state index in [2.05, 4.69) is 5.10 Å². The summed E-state index contributed by atoms with van der Waals surface area (Å²) in [6, 6.07) is 0. The smallest absolute Gasteiger partial charge is 0.246 e. The number of nitrogens with two attached hydrogens (primary N) is 1. The molecule has 84 valence electrons. The van der Waals surface area contributed by atoms with Gasteiger partial charge in [0.1, 0.15) is 4.90 Å². The van der Waals surface area contributed by atoms with Gasteiger partial charge >= 0.3 is 0 Å². The van der Waals surface area contributed by atoms with E-state index in [9.17, 15) is 8.42 Å². The Morgan fingerprint density at radius 3 is 2.73 bits per heavy atom. The molecule has 0 aliphatic carbocycles. The molecule has 0 spiro atoms. The maximum absolute atomic E-state index is 11.9. The first-order chi connectivity index (χ1) is 7.04. The quantitative estimate of drug-likeness (QED) is 0.722. The topological polar surface area (TPSA) is 81.2 Å². The van der Waals surface area contributed by atoms with E-state index in [1.165, 1.54) is 21.4 Å². The van der Waals surface area contributed by atoms with Crippen LogP contribution in [-0.2, 0) is 17.1 Å². The molecule has 2 rings (SSSR count). The maximum Gasteiger partial charge on any atom is 0.246 e. The summed E-state index contributed by atoms with van der Waals surface area (Å²) in [4.78, 5) is 0.250. The number of rotatable bonds is 3. The van der Waals surface area contributed by atoms with Crippen molar-refractivity contribution < 1.29 is 8.42 Å². The van der Waals surface area contributed by atoms with Gasteiger partial charge in [-0.2, -0.15) is 9.40 Å². The molecule has 0 amide bonds. The minimum atomic E-state index is -3.33. The summed E-state index contributed by atoms with van der Waals surface area (Å²) in [6.07, 6.45) is 2.87. The van der Waals surface area contributed by atoms with Crippen molar-refractivity contribution in [3.05, 3.63) is 12.4 Å². The summed E-state index contributed by atoms with van der Waals surface area (Å²) in [5, 5.41) is 3.85. The SMILES string of the molecule is Cn1cc(S(=O)(=O)N2CC(CN)C2)cn1. The highest BCUT2D eigenvalue weighted by molar-refractivity contribution is 7.89. The largest absolute Gasteiger partial charge is 0.330 e. The van der Waals surface area contributed by atoms with E-state index < -0.39 is 10.0 Å². The first-order valence-electron chi connectivity index (χ1n) is 4.73. The van der Waals surface area contributed by atoms with Crippen LogP contribution in [0, 0.1) is 5.92 Å². The molecule has 0 bridgehead atoms. The lowest BCUT2D eigenvalue weighted by atomic mass is 10.0. The van der Waals surface area contributed by atoms with Crippen molar-refractivity contribution >= 4 is 10.0 Å². The molecular weight excluding hydrogens is 216 g/mol. The van der Waals surface area contributed by atoms with Crippen molar-refractivity contribution in [2.45, 2.75) is 4.90 Å². The van der Waals surface area contributed by atoms with Crippen LogP contribution in [0.3, 0.4) is 0 Å². The van der Waals surface area contributed by atoms with Crippen LogP contribution in [-0.4, -0.2) is 42.1 Å². The standard InChI is InChI=1S/C8H14N4O2S/c1-11-6-8(3-10-11)15(13,14)12-4-7(2-9)5-12/h3,6-7H,2,4-5,9H2,1H3. The second kappa shape index (κ2) is 3.58. The van der Waals surface area contributed by atoms with Gasteiger partial charge in [-0.25, -0.2) is 8.42 Å². The van der Waals surface area contributed by atoms with Gasteiger partial charge in [0.2, 0.25) is 10.0 Å². The zero-order valence-corrected chi connectivity index (χ0v) is 9.31. The van der Waals surface area contributed by atoms with Gasteiger partial charge in [-0.3, -0.25) is 4.68 Å². The number of aromatic nitrogens is 2. The van der Waals surface area contributed by atoms with Crippen LogP contribution < -0.4 is 5.73 Å². The van der Waals surface area contributed by atoms with Crippen LogP contribution in [0.2, 0.25) is 0 Å². The highest BCUT2D eigenvalue weighted by atomic mass is 32.2. The van der Waals surface area contributed by atoms with E-state index in [0.717, 1.165) is 0 Å². The zero-order valence-electron chi connectivity index (χ0n) is 8.50. The van der Waals surface area contributed by atoms with Gasteiger partial charge in [-0.15, -0.1) is 0 Å². The van der Waals surface area contributed by atoms with Crippen molar-refractivity contribution in [2.75, 3.05) is 19.6 Å². The Hall–Kier alpha value is -0.920. The summed E-state index contributed by atoms with van der Waals surface area (Å²) in [5.41, 5.74) is 5.44. The Morgan fingerprint density at radius 1 is 1.60 bits per heavy atom. The lowest BCUT2D eigenvalue weighted by Gasteiger charge is -2.36. The van der Waals surface area contributed by atoms with Crippen LogP contribution in [0.4, 0.5) is 0 Å². The number of aryl methyl sites for hydroxylation is 1. The van der Waals surface area contributed by atoms with Gasteiger partial charge in [-0.1, -0.05) is 0 Å². The van der Waals surface area contributed by atoms with Gasteiger partial charge in [0.15, 0.2) is 0 Å². The Balaban J connectivity index is 2.15. The van der Waals surface area contributed by atoms with E-state index in [4.69, 9.17) is 5.73 Å². The van der Waals surface area contributed by atoms with Crippen molar-refractivity contribution in [3.8, 4) is 0 Å². The Labute approximate surface area is 88.7 Å². The van der Waals surface area contributed by atoms with Crippen molar-refractivity contribution in [3.63, 3.8) is 0 Å². The third-order valence-electron chi connectivity index (χ3n) is 2.58. The van der Waals surface area contributed by atoms with E-state index in [-0.39, 0.29) is 4.90 Å². The molecule has 0 radical (unpaired) electrons. The Kier molecular flexibility index (Phi) is 2.53. The normalized spacial score (nSPS) is 19.1.